The second-order valence-electron chi connectivity index (χ2n) is 4.39. The van der Waals surface area contributed by atoms with Gasteiger partial charge in [-0.2, -0.15) is 0 Å². The van der Waals surface area contributed by atoms with Crippen LogP contribution >= 0.6 is 0 Å². The lowest BCUT2D eigenvalue weighted by Crippen LogP contribution is -2.30. The smallest absolute Gasteiger partial charge is 0.212 e. The van der Waals surface area contributed by atoms with Crippen LogP contribution in [0.4, 0.5) is 0 Å². The summed E-state index contributed by atoms with van der Waals surface area (Å²) >= 11 is 0. The Morgan fingerprint density at radius 2 is 2.05 bits per heavy atom. The molecule has 0 amide bonds. The molecule has 6 heteroatoms. The molecule has 0 fully saturated rings. The lowest BCUT2D eigenvalue weighted by molar-refractivity contribution is 0.458. The molecule has 0 saturated carbocycles. The van der Waals surface area contributed by atoms with Crippen molar-refractivity contribution in [3.05, 3.63) is 36.1 Å². The van der Waals surface area contributed by atoms with Gasteiger partial charge in [-0.1, -0.05) is 18.2 Å². The van der Waals surface area contributed by atoms with Crippen LogP contribution in [0.2, 0.25) is 0 Å². The zero-order chi connectivity index (χ0) is 13.9. The van der Waals surface area contributed by atoms with Crippen LogP contribution in [0.5, 0.6) is 0 Å². The van der Waals surface area contributed by atoms with Gasteiger partial charge in [-0.15, -0.1) is 0 Å². The monoisotopic (exact) mass is 282 g/mol. The van der Waals surface area contributed by atoms with Crippen molar-refractivity contribution < 1.29 is 12.8 Å². The van der Waals surface area contributed by atoms with Gasteiger partial charge in [0.05, 0.1) is 11.8 Å². The molecule has 0 radical (unpaired) electrons. The average molecular weight is 282 g/mol. The standard InChI is InChI=1S/C13H18N2O3S/c1-10(15-7-8-19(16,17)14-2)13-9-11-5-3-4-6-12(11)18-13/h3-6,9-10,14-15H,7-8H2,1-2H3. The maximum atomic E-state index is 11.3. The minimum absolute atomic E-state index is 0.0283. The van der Waals surface area contributed by atoms with Gasteiger partial charge >= 0.3 is 0 Å². The van der Waals surface area contributed by atoms with Crippen LogP contribution in [-0.4, -0.2) is 27.8 Å². The lowest BCUT2D eigenvalue weighted by atomic mass is 10.2. The molecular weight excluding hydrogens is 264 g/mol. The molecule has 0 aliphatic heterocycles. The number of benzene rings is 1. The van der Waals surface area contributed by atoms with Gasteiger partial charge in [0.1, 0.15) is 11.3 Å². The predicted octanol–water partition coefficient (Wildman–Crippen LogP) is 1.63. The molecule has 2 rings (SSSR count). The fraction of sp³-hybridized carbons (Fsp3) is 0.385. The highest BCUT2D eigenvalue weighted by Crippen LogP contribution is 2.23. The van der Waals surface area contributed by atoms with Crippen LogP contribution in [-0.2, 0) is 10.0 Å². The summed E-state index contributed by atoms with van der Waals surface area (Å²) in [7, 11) is -1.75. The first-order chi connectivity index (χ1) is 9.02. The Bertz CT molecular complexity index is 616. The zero-order valence-corrected chi connectivity index (χ0v) is 11.8. The molecule has 0 spiro atoms. The molecule has 2 N–H and O–H groups in total. The highest BCUT2D eigenvalue weighted by atomic mass is 32.2. The van der Waals surface area contributed by atoms with Gasteiger partial charge in [0.15, 0.2) is 0 Å². The first-order valence-electron chi connectivity index (χ1n) is 6.15. The summed E-state index contributed by atoms with van der Waals surface area (Å²) in [6.45, 7) is 2.32. The van der Waals surface area contributed by atoms with E-state index in [1.165, 1.54) is 7.05 Å². The largest absolute Gasteiger partial charge is 0.459 e. The van der Waals surface area contributed by atoms with E-state index in [9.17, 15) is 8.42 Å². The summed E-state index contributed by atoms with van der Waals surface area (Å²) in [6.07, 6.45) is 0. The molecule has 0 saturated heterocycles. The summed E-state index contributed by atoms with van der Waals surface area (Å²) < 4.78 is 30.6. The summed E-state index contributed by atoms with van der Waals surface area (Å²) in [6, 6.07) is 9.73. The molecule has 104 valence electrons. The van der Waals surface area contributed by atoms with Crippen LogP contribution < -0.4 is 10.0 Å². The molecule has 0 aliphatic carbocycles. The van der Waals surface area contributed by atoms with E-state index >= 15 is 0 Å². The van der Waals surface area contributed by atoms with Gasteiger partial charge < -0.3 is 9.73 Å². The van der Waals surface area contributed by atoms with Crippen LogP contribution in [0, 0.1) is 0 Å². The number of furan rings is 1. The fourth-order valence-corrected chi connectivity index (χ4v) is 2.42. The highest BCUT2D eigenvalue weighted by Gasteiger charge is 2.12. The molecule has 1 heterocycles. The van der Waals surface area contributed by atoms with E-state index in [-0.39, 0.29) is 11.8 Å². The normalized spacial score (nSPS) is 13.8. The number of para-hydroxylation sites is 1. The molecule has 2 aromatic rings. The summed E-state index contributed by atoms with van der Waals surface area (Å²) in [5, 5.41) is 4.19. The first-order valence-corrected chi connectivity index (χ1v) is 7.80. The third kappa shape index (κ3) is 3.56. The van der Waals surface area contributed by atoms with Crippen molar-refractivity contribution in [3.63, 3.8) is 0 Å². The summed E-state index contributed by atoms with van der Waals surface area (Å²) in [5.74, 6) is 0.858. The van der Waals surface area contributed by atoms with Gasteiger partial charge in [-0.05, 0) is 26.1 Å². The van der Waals surface area contributed by atoms with Crippen molar-refractivity contribution >= 4 is 21.0 Å². The maximum absolute atomic E-state index is 11.3. The Kier molecular flexibility index (Phi) is 4.24. The molecule has 1 aromatic heterocycles. The molecule has 19 heavy (non-hydrogen) atoms. The van der Waals surface area contributed by atoms with E-state index < -0.39 is 10.0 Å². The van der Waals surface area contributed by atoms with E-state index in [0.29, 0.717) is 6.54 Å². The number of fused-ring (bicyclic) bond motifs is 1. The molecule has 5 nitrogen and oxygen atoms in total. The van der Waals surface area contributed by atoms with E-state index in [1.807, 2.05) is 37.3 Å². The molecule has 1 atom stereocenters. The minimum Gasteiger partial charge on any atom is -0.459 e. The van der Waals surface area contributed by atoms with Crippen molar-refractivity contribution in [2.45, 2.75) is 13.0 Å². The number of hydrogen-bond acceptors (Lipinski definition) is 4. The van der Waals surface area contributed by atoms with Gasteiger partial charge in [0.25, 0.3) is 0 Å². The Morgan fingerprint density at radius 3 is 2.74 bits per heavy atom. The SMILES string of the molecule is CNS(=O)(=O)CCNC(C)c1cc2ccccc2o1. The van der Waals surface area contributed by atoms with Gasteiger partial charge in [0.2, 0.25) is 10.0 Å². The second kappa shape index (κ2) is 5.73. The van der Waals surface area contributed by atoms with Crippen molar-refractivity contribution in [2.75, 3.05) is 19.3 Å². The number of sulfonamides is 1. The van der Waals surface area contributed by atoms with Crippen molar-refractivity contribution in [3.8, 4) is 0 Å². The number of hydrogen-bond donors (Lipinski definition) is 2. The molecule has 0 bridgehead atoms. The van der Waals surface area contributed by atoms with Gasteiger partial charge in [-0.3, -0.25) is 0 Å². The predicted molar refractivity (Wildman–Crippen MR) is 75.5 cm³/mol. The molecule has 0 aliphatic rings. The molecule has 1 unspecified atom stereocenters. The van der Waals surface area contributed by atoms with Crippen molar-refractivity contribution in [2.24, 2.45) is 0 Å². The fourth-order valence-electron chi connectivity index (χ4n) is 1.83. The van der Waals surface area contributed by atoms with E-state index in [1.54, 1.807) is 0 Å². The highest BCUT2D eigenvalue weighted by molar-refractivity contribution is 7.89. The first kappa shape index (κ1) is 14.0. The number of rotatable bonds is 6. The quantitative estimate of drug-likeness (QED) is 0.845. The lowest BCUT2D eigenvalue weighted by Gasteiger charge is -2.10. The average Bonchev–Trinajstić information content (AvgIpc) is 2.82. The number of nitrogens with one attached hydrogen (secondary N) is 2. The summed E-state index contributed by atoms with van der Waals surface area (Å²) in [4.78, 5) is 0. The van der Waals surface area contributed by atoms with Gasteiger partial charge in [0, 0.05) is 11.9 Å². The Balaban J connectivity index is 1.98. The third-order valence-corrected chi connectivity index (χ3v) is 4.37. The summed E-state index contributed by atoms with van der Waals surface area (Å²) in [5.41, 5.74) is 0.842. The Hall–Kier alpha value is -1.37. The van der Waals surface area contributed by atoms with Crippen LogP contribution in [0.3, 0.4) is 0 Å². The minimum atomic E-state index is -3.17. The topological polar surface area (TPSA) is 71.3 Å². The second-order valence-corrected chi connectivity index (χ2v) is 6.43. The van der Waals surface area contributed by atoms with E-state index in [0.717, 1.165) is 16.7 Å². The van der Waals surface area contributed by atoms with Crippen LogP contribution in [0.25, 0.3) is 11.0 Å². The van der Waals surface area contributed by atoms with Crippen molar-refractivity contribution in [1.29, 1.82) is 0 Å². The molecular formula is C13H18N2O3S. The van der Waals surface area contributed by atoms with Crippen LogP contribution in [0.15, 0.2) is 34.7 Å². The van der Waals surface area contributed by atoms with Crippen molar-refractivity contribution in [1.82, 2.24) is 10.0 Å². The van der Waals surface area contributed by atoms with E-state index in [2.05, 4.69) is 10.0 Å². The third-order valence-electron chi connectivity index (χ3n) is 3.00. The zero-order valence-electron chi connectivity index (χ0n) is 11.0. The van der Waals surface area contributed by atoms with Crippen LogP contribution in [0.1, 0.15) is 18.7 Å². The van der Waals surface area contributed by atoms with Gasteiger partial charge in [-0.25, -0.2) is 13.1 Å². The Morgan fingerprint density at radius 1 is 1.32 bits per heavy atom. The Labute approximate surface area is 113 Å². The molecule has 1 aromatic carbocycles. The maximum Gasteiger partial charge on any atom is 0.212 e. The van der Waals surface area contributed by atoms with E-state index in [4.69, 9.17) is 4.42 Å².